The lowest BCUT2D eigenvalue weighted by Crippen LogP contribution is -2.28. The summed E-state index contributed by atoms with van der Waals surface area (Å²) in [5.74, 6) is 0.566. The molecule has 6 aromatic rings. The molecule has 1 aliphatic carbocycles. The van der Waals surface area contributed by atoms with E-state index in [1.54, 1.807) is 37.5 Å². The van der Waals surface area contributed by atoms with Gasteiger partial charge in [0.1, 0.15) is 22.7 Å². The quantitative estimate of drug-likeness (QED) is 0.286. The molecule has 5 heterocycles. The Kier molecular flexibility index (Phi) is 6.34. The minimum atomic E-state index is -2.76. The van der Waals surface area contributed by atoms with Crippen molar-refractivity contribution in [3.63, 3.8) is 0 Å². The number of rotatable bonds is 6. The van der Waals surface area contributed by atoms with Gasteiger partial charge in [-0.3, -0.25) is 14.3 Å². The van der Waals surface area contributed by atoms with Crippen molar-refractivity contribution in [1.29, 1.82) is 0 Å². The molecule has 0 saturated carbocycles. The molecular formula is C30H24F2N10O. The lowest BCUT2D eigenvalue weighted by atomic mass is 10.1. The summed E-state index contributed by atoms with van der Waals surface area (Å²) in [6.07, 6.45) is 7.35. The molecular weight excluding hydrogens is 554 g/mol. The molecule has 0 fully saturated rings. The molecule has 3 N–H and O–H groups in total. The maximum Gasteiger partial charge on any atom is 0.333 e. The Labute approximate surface area is 243 Å². The van der Waals surface area contributed by atoms with Crippen LogP contribution in [-0.4, -0.2) is 45.2 Å². The molecule has 0 unspecified atom stereocenters. The number of aromatic nitrogens is 8. The van der Waals surface area contributed by atoms with Crippen LogP contribution >= 0.6 is 0 Å². The first kappa shape index (κ1) is 26.3. The van der Waals surface area contributed by atoms with Crippen molar-refractivity contribution >= 4 is 22.9 Å². The van der Waals surface area contributed by atoms with Crippen LogP contribution in [0.2, 0.25) is 0 Å². The molecule has 1 aromatic carbocycles. The molecule has 1 amide bonds. The number of nitrogens with one attached hydrogen (secondary N) is 1. The third-order valence-electron chi connectivity index (χ3n) is 7.52. The van der Waals surface area contributed by atoms with Gasteiger partial charge in [-0.05, 0) is 73.4 Å². The van der Waals surface area contributed by atoms with E-state index < -0.39 is 6.55 Å². The summed E-state index contributed by atoms with van der Waals surface area (Å²) in [6, 6.07) is 14.4. The van der Waals surface area contributed by atoms with Crippen LogP contribution in [0.15, 0.2) is 73.3 Å². The third-order valence-corrected chi connectivity index (χ3v) is 7.52. The second kappa shape index (κ2) is 10.4. The summed E-state index contributed by atoms with van der Waals surface area (Å²) in [7, 11) is 0. The van der Waals surface area contributed by atoms with E-state index in [9.17, 15) is 13.6 Å². The number of amides is 1. The fourth-order valence-corrected chi connectivity index (χ4v) is 5.47. The van der Waals surface area contributed by atoms with Gasteiger partial charge in [-0.1, -0.05) is 6.07 Å². The summed E-state index contributed by atoms with van der Waals surface area (Å²) >= 11 is 0. The number of benzene rings is 1. The highest BCUT2D eigenvalue weighted by Gasteiger charge is 2.27. The van der Waals surface area contributed by atoms with Crippen LogP contribution in [0.5, 0.6) is 0 Å². The molecule has 11 nitrogen and oxygen atoms in total. The number of fused-ring (bicyclic) bond motifs is 2. The Morgan fingerprint density at radius 1 is 1.02 bits per heavy atom. The Balaban J connectivity index is 1.31. The maximum atomic E-state index is 13.2. The summed E-state index contributed by atoms with van der Waals surface area (Å²) in [6.45, 7) is -1.00. The van der Waals surface area contributed by atoms with Crippen molar-refractivity contribution in [1.82, 2.24) is 44.6 Å². The first-order valence-corrected chi connectivity index (χ1v) is 13.5. The minimum Gasteiger partial charge on any atom is -0.383 e. The SMILES string of the molecule is Cc1nccnc1C(=O)N[C@H]1CCc2cc(-n3c(-c4cccnc4N)nc4ccc(-c5ccn(C(F)F)n5)nc43)ccc21. The second-order valence-electron chi connectivity index (χ2n) is 10.1. The summed E-state index contributed by atoms with van der Waals surface area (Å²) in [5.41, 5.74) is 12.4. The van der Waals surface area contributed by atoms with Crippen molar-refractivity contribution in [3.05, 3.63) is 95.8 Å². The van der Waals surface area contributed by atoms with Gasteiger partial charge in [0.2, 0.25) is 0 Å². The van der Waals surface area contributed by atoms with Crippen molar-refractivity contribution < 1.29 is 13.6 Å². The molecule has 0 aliphatic heterocycles. The van der Waals surface area contributed by atoms with Crippen molar-refractivity contribution in [2.75, 3.05) is 5.73 Å². The van der Waals surface area contributed by atoms with E-state index >= 15 is 0 Å². The van der Waals surface area contributed by atoms with Crippen LogP contribution in [0.4, 0.5) is 14.6 Å². The molecule has 43 heavy (non-hydrogen) atoms. The van der Waals surface area contributed by atoms with E-state index in [1.165, 1.54) is 18.5 Å². The number of hydrogen-bond acceptors (Lipinski definition) is 8. The maximum absolute atomic E-state index is 13.2. The normalized spacial score (nSPS) is 14.4. The number of anilines is 1. The number of carbonyl (C=O) groups excluding carboxylic acids is 1. The number of halogens is 2. The molecule has 0 radical (unpaired) electrons. The highest BCUT2D eigenvalue weighted by Crippen LogP contribution is 2.36. The number of hydrogen-bond donors (Lipinski definition) is 2. The number of nitrogens with two attached hydrogens (primary N) is 1. The average molecular weight is 579 g/mol. The van der Waals surface area contributed by atoms with Crippen LogP contribution in [0.3, 0.4) is 0 Å². The zero-order valence-electron chi connectivity index (χ0n) is 22.8. The summed E-state index contributed by atoms with van der Waals surface area (Å²) in [5, 5.41) is 7.07. The molecule has 214 valence electrons. The van der Waals surface area contributed by atoms with Crippen LogP contribution in [0.1, 0.15) is 46.3 Å². The predicted molar refractivity (Wildman–Crippen MR) is 154 cm³/mol. The number of imidazole rings is 1. The summed E-state index contributed by atoms with van der Waals surface area (Å²) in [4.78, 5) is 35.2. The van der Waals surface area contributed by atoms with Gasteiger partial charge < -0.3 is 11.1 Å². The lowest BCUT2D eigenvalue weighted by molar-refractivity contribution is 0.0568. The minimum absolute atomic E-state index is 0.180. The Morgan fingerprint density at radius 3 is 2.67 bits per heavy atom. The second-order valence-corrected chi connectivity index (χ2v) is 10.1. The van der Waals surface area contributed by atoms with Crippen molar-refractivity contribution in [2.24, 2.45) is 0 Å². The Morgan fingerprint density at radius 2 is 1.88 bits per heavy atom. The predicted octanol–water partition coefficient (Wildman–Crippen LogP) is 4.84. The molecule has 0 bridgehead atoms. The van der Waals surface area contributed by atoms with Gasteiger partial charge in [0, 0.05) is 30.5 Å². The van der Waals surface area contributed by atoms with Crippen LogP contribution < -0.4 is 11.1 Å². The largest absolute Gasteiger partial charge is 0.383 e. The fraction of sp³-hybridized carbons (Fsp3) is 0.167. The number of nitrogen functional groups attached to an aromatic ring is 1. The van der Waals surface area contributed by atoms with E-state index in [4.69, 9.17) is 15.7 Å². The van der Waals surface area contributed by atoms with Gasteiger partial charge >= 0.3 is 6.55 Å². The third kappa shape index (κ3) is 4.64. The topological polar surface area (TPSA) is 142 Å². The van der Waals surface area contributed by atoms with Crippen LogP contribution in [-0.2, 0) is 6.42 Å². The standard InChI is InChI=1S/C30H24F2N10O/c1-16-25(35-13-12-34-16)29(43)39-21-7-4-17-15-18(5-6-19(17)21)42-27(20-3-2-11-36-26(20)33)38-24-9-8-22(37-28(24)42)23-10-14-41(40-23)30(31)32/h2-3,5-6,8-15,21,30H,4,7H2,1H3,(H2,33,36)(H,39,43)/t21-/m0/s1. The number of pyridine rings is 2. The van der Waals surface area contributed by atoms with E-state index in [-0.39, 0.29) is 11.9 Å². The van der Waals surface area contributed by atoms with Gasteiger partial charge in [0.15, 0.2) is 11.5 Å². The van der Waals surface area contributed by atoms with E-state index in [1.807, 2.05) is 28.8 Å². The zero-order chi connectivity index (χ0) is 29.7. The molecule has 5 aromatic heterocycles. The van der Waals surface area contributed by atoms with Crippen molar-refractivity contribution in [2.45, 2.75) is 32.4 Å². The van der Waals surface area contributed by atoms with Gasteiger partial charge in [-0.15, -0.1) is 0 Å². The van der Waals surface area contributed by atoms with Crippen LogP contribution in [0.25, 0.3) is 39.6 Å². The highest BCUT2D eigenvalue weighted by molar-refractivity contribution is 5.93. The van der Waals surface area contributed by atoms with Crippen LogP contribution in [0, 0.1) is 6.92 Å². The van der Waals surface area contributed by atoms with Gasteiger partial charge in [-0.2, -0.15) is 13.9 Å². The van der Waals surface area contributed by atoms with E-state index in [2.05, 4.69) is 25.4 Å². The van der Waals surface area contributed by atoms with Gasteiger partial charge in [-0.25, -0.2) is 24.6 Å². The number of nitrogens with zero attached hydrogens (tertiary/aromatic N) is 8. The number of aryl methyl sites for hydroxylation is 2. The average Bonchev–Trinajstić information content (AvgIpc) is 3.74. The van der Waals surface area contributed by atoms with E-state index in [0.717, 1.165) is 29.7 Å². The van der Waals surface area contributed by atoms with Gasteiger partial charge in [0.25, 0.3) is 5.91 Å². The molecule has 1 aliphatic rings. The number of carbonyl (C=O) groups is 1. The van der Waals surface area contributed by atoms with Crippen molar-refractivity contribution in [3.8, 4) is 28.5 Å². The first-order chi connectivity index (χ1) is 20.9. The molecule has 0 spiro atoms. The lowest BCUT2D eigenvalue weighted by Gasteiger charge is -2.16. The first-order valence-electron chi connectivity index (χ1n) is 13.5. The van der Waals surface area contributed by atoms with Gasteiger partial charge in [0.05, 0.1) is 23.0 Å². The highest BCUT2D eigenvalue weighted by atomic mass is 19.3. The molecule has 1 atom stereocenters. The fourth-order valence-electron chi connectivity index (χ4n) is 5.47. The zero-order valence-corrected chi connectivity index (χ0v) is 22.8. The molecule has 7 rings (SSSR count). The summed E-state index contributed by atoms with van der Waals surface area (Å²) < 4.78 is 28.9. The Bertz CT molecular complexity index is 2020. The molecule has 13 heteroatoms. The smallest absolute Gasteiger partial charge is 0.333 e. The monoisotopic (exact) mass is 578 g/mol. The number of alkyl halides is 2. The van der Waals surface area contributed by atoms with E-state index in [0.29, 0.717) is 55.8 Å². The molecule has 0 saturated heterocycles. The Hall–Kier alpha value is -5.59.